The first-order valence-electron chi connectivity index (χ1n) is 3.35. The lowest BCUT2D eigenvalue weighted by Gasteiger charge is -2.03. The van der Waals surface area contributed by atoms with Crippen molar-refractivity contribution in [2.24, 2.45) is 0 Å². The van der Waals surface area contributed by atoms with Crippen molar-refractivity contribution in [3.8, 4) is 0 Å². The fraction of sp³-hybridized carbons (Fsp3) is 0.833. The van der Waals surface area contributed by atoms with Crippen LogP contribution >= 0.6 is 0 Å². The number of aliphatic hydroxyl groups is 1. The van der Waals surface area contributed by atoms with Crippen LogP contribution in [0.15, 0.2) is 0 Å². The summed E-state index contributed by atoms with van der Waals surface area (Å²) in [5, 5.41) is 11.0. The molecule has 1 saturated carbocycles. The molecule has 5 heteroatoms. The number of hydrogen-bond acceptors (Lipinski definition) is 2. The number of carbonyl (C=O) groups excluding carboxylic acids is 1. The summed E-state index contributed by atoms with van der Waals surface area (Å²) in [6.45, 7) is 0. The molecule has 0 bridgehead atoms. The highest BCUT2D eigenvalue weighted by atomic mass is 19.3. The summed E-state index contributed by atoms with van der Waals surface area (Å²) in [7, 11) is 0. The van der Waals surface area contributed by atoms with Crippen LogP contribution in [0, 0.1) is 0 Å². The predicted octanol–water partition coefficient (Wildman–Crippen LogP) is -0.355. The summed E-state index contributed by atoms with van der Waals surface area (Å²) < 4.78 is 25.0. The number of carbonyl (C=O) groups is 1. The quantitative estimate of drug-likeness (QED) is 0.512. The summed E-state index contributed by atoms with van der Waals surface area (Å²) in [6.07, 6.45) is -1.08. The van der Waals surface area contributed by atoms with E-state index in [1.807, 2.05) is 0 Å². The Morgan fingerprint density at radius 1 is 1.64 bits per heavy atom. The van der Waals surface area contributed by atoms with Gasteiger partial charge in [-0.3, -0.25) is 4.79 Å². The molecule has 0 radical (unpaired) electrons. The Morgan fingerprint density at radius 3 is 2.36 bits per heavy atom. The van der Waals surface area contributed by atoms with Crippen LogP contribution in [0.1, 0.15) is 12.8 Å². The van der Waals surface area contributed by atoms with Crippen molar-refractivity contribution < 1.29 is 18.7 Å². The number of halogens is 2. The second-order valence-electron chi connectivity index (χ2n) is 3.21. The maximum Gasteiger partial charge on any atom is 0.326 e. The normalized spacial score (nSPS) is 46.1. The van der Waals surface area contributed by atoms with Gasteiger partial charge in [0, 0.05) is 12.8 Å². The minimum atomic E-state index is -3.28. The molecule has 3 nitrogen and oxygen atoms in total. The molecule has 2 N–H and O–H groups in total. The van der Waals surface area contributed by atoms with Gasteiger partial charge in [-0.25, -0.2) is 0 Å². The molecular weight excluding hydrogens is 156 g/mol. The number of hydrogen-bond donors (Lipinski definition) is 2. The van der Waals surface area contributed by atoms with Crippen LogP contribution in [-0.4, -0.2) is 28.6 Å². The lowest BCUT2D eigenvalue weighted by molar-refractivity contribution is -0.139. The van der Waals surface area contributed by atoms with E-state index in [-0.39, 0.29) is 6.42 Å². The maximum absolute atomic E-state index is 12.5. The molecule has 2 fully saturated rings. The number of rotatable bonds is 0. The number of alkyl halides is 2. The molecule has 2 atom stereocenters. The topological polar surface area (TPSA) is 49.3 Å². The molecule has 0 aromatic heterocycles. The highest BCUT2D eigenvalue weighted by molar-refractivity contribution is 5.87. The Labute approximate surface area is 61.4 Å². The average molecular weight is 163 g/mol. The third kappa shape index (κ3) is 0.772. The fourth-order valence-corrected chi connectivity index (χ4v) is 1.45. The second-order valence-corrected chi connectivity index (χ2v) is 3.21. The van der Waals surface area contributed by atoms with E-state index in [0.29, 0.717) is 0 Å². The Balaban J connectivity index is 2.20. The lowest BCUT2D eigenvalue weighted by atomic mass is 10.1. The Hall–Kier alpha value is -0.710. The highest BCUT2D eigenvalue weighted by Gasteiger charge is 2.67. The average Bonchev–Trinajstić information content (AvgIpc) is 2.32. The van der Waals surface area contributed by atoms with Crippen molar-refractivity contribution in [3.63, 3.8) is 0 Å². The minimum Gasteiger partial charge on any atom is -0.391 e. The molecule has 62 valence electrons. The van der Waals surface area contributed by atoms with Gasteiger partial charge < -0.3 is 10.4 Å². The first-order chi connectivity index (χ1) is 4.96. The predicted molar refractivity (Wildman–Crippen MR) is 31.1 cm³/mol. The van der Waals surface area contributed by atoms with E-state index >= 15 is 0 Å². The molecule has 1 aliphatic carbocycles. The van der Waals surface area contributed by atoms with Gasteiger partial charge in [-0.15, -0.1) is 0 Å². The Kier molecular flexibility index (Phi) is 0.982. The van der Waals surface area contributed by atoms with Gasteiger partial charge in [-0.1, -0.05) is 0 Å². The van der Waals surface area contributed by atoms with Gasteiger partial charge >= 0.3 is 5.92 Å². The van der Waals surface area contributed by atoms with Crippen LogP contribution < -0.4 is 5.32 Å². The molecular formula is C6H7F2NO2. The highest BCUT2D eigenvalue weighted by Crippen LogP contribution is 2.48. The maximum atomic E-state index is 12.5. The zero-order chi connectivity index (χ0) is 8.28. The molecule has 1 amide bonds. The van der Waals surface area contributed by atoms with Gasteiger partial charge in [0.15, 0.2) is 0 Å². The minimum absolute atomic E-state index is 0.258. The van der Waals surface area contributed by atoms with Gasteiger partial charge in [0.1, 0.15) is 0 Å². The Morgan fingerprint density at radius 2 is 2.18 bits per heavy atom. The van der Waals surface area contributed by atoms with E-state index in [0.717, 1.165) is 0 Å². The smallest absolute Gasteiger partial charge is 0.326 e. The van der Waals surface area contributed by atoms with Crippen LogP contribution in [0.25, 0.3) is 0 Å². The summed E-state index contributed by atoms with van der Waals surface area (Å²) >= 11 is 0. The van der Waals surface area contributed by atoms with Crippen LogP contribution in [0.2, 0.25) is 0 Å². The van der Waals surface area contributed by atoms with Crippen LogP contribution in [-0.2, 0) is 4.79 Å². The van der Waals surface area contributed by atoms with E-state index in [2.05, 4.69) is 5.32 Å². The molecule has 0 aromatic carbocycles. The third-order valence-electron chi connectivity index (χ3n) is 2.27. The zero-order valence-electron chi connectivity index (χ0n) is 5.60. The molecule has 1 heterocycles. The fourth-order valence-electron chi connectivity index (χ4n) is 1.45. The summed E-state index contributed by atoms with van der Waals surface area (Å²) in [5.41, 5.74) is -0.986. The number of aliphatic hydroxyl groups excluding tert-OH is 1. The zero-order valence-corrected chi connectivity index (χ0v) is 5.60. The molecule has 0 aromatic rings. The van der Waals surface area contributed by atoms with Crippen LogP contribution in [0.3, 0.4) is 0 Å². The first-order valence-corrected chi connectivity index (χ1v) is 3.35. The van der Waals surface area contributed by atoms with Crippen molar-refractivity contribution in [1.29, 1.82) is 0 Å². The molecule has 1 saturated heterocycles. The second kappa shape index (κ2) is 1.55. The number of amides is 1. The van der Waals surface area contributed by atoms with E-state index in [1.165, 1.54) is 0 Å². The van der Waals surface area contributed by atoms with Crippen molar-refractivity contribution in [2.45, 2.75) is 30.4 Å². The molecule has 1 aliphatic heterocycles. The van der Waals surface area contributed by atoms with Crippen LogP contribution in [0.4, 0.5) is 8.78 Å². The molecule has 11 heavy (non-hydrogen) atoms. The summed E-state index contributed by atoms with van der Waals surface area (Å²) in [6, 6.07) is 0. The van der Waals surface area contributed by atoms with Gasteiger partial charge in [0.25, 0.3) is 5.91 Å². The molecule has 2 aliphatic rings. The van der Waals surface area contributed by atoms with Crippen molar-refractivity contribution in [2.75, 3.05) is 0 Å². The first kappa shape index (κ1) is 6.97. The summed E-state index contributed by atoms with van der Waals surface area (Å²) in [4.78, 5) is 10.5. The van der Waals surface area contributed by atoms with Crippen molar-refractivity contribution in [1.82, 2.24) is 5.32 Å². The largest absolute Gasteiger partial charge is 0.391 e. The van der Waals surface area contributed by atoms with E-state index in [4.69, 9.17) is 5.11 Å². The number of nitrogens with one attached hydrogen (secondary N) is 1. The van der Waals surface area contributed by atoms with Crippen LogP contribution in [0.5, 0.6) is 0 Å². The van der Waals surface area contributed by atoms with E-state index < -0.39 is 29.9 Å². The van der Waals surface area contributed by atoms with E-state index in [1.54, 1.807) is 0 Å². The van der Waals surface area contributed by atoms with Gasteiger partial charge in [0.05, 0.1) is 11.6 Å². The molecule has 2 rings (SSSR count). The lowest BCUT2D eigenvalue weighted by Crippen LogP contribution is -2.32. The molecule has 1 spiro atoms. The van der Waals surface area contributed by atoms with Crippen molar-refractivity contribution >= 4 is 5.91 Å². The summed E-state index contributed by atoms with van der Waals surface area (Å²) in [5.74, 6) is -4.54. The standard InChI is InChI=1S/C6H7F2NO2/c7-6(8)2-5(1-3(5)10)9-4(6)11/h3,10H,1-2H2,(H,9,11). The van der Waals surface area contributed by atoms with Crippen molar-refractivity contribution in [3.05, 3.63) is 0 Å². The molecule has 2 unspecified atom stereocenters. The van der Waals surface area contributed by atoms with Gasteiger partial charge in [-0.2, -0.15) is 8.78 Å². The monoisotopic (exact) mass is 163 g/mol. The van der Waals surface area contributed by atoms with Gasteiger partial charge in [-0.05, 0) is 0 Å². The van der Waals surface area contributed by atoms with Gasteiger partial charge in [0.2, 0.25) is 0 Å². The van der Waals surface area contributed by atoms with E-state index in [9.17, 15) is 13.6 Å². The SMILES string of the molecule is O=C1NC2(CC2O)CC1(F)F. The third-order valence-corrected chi connectivity index (χ3v) is 2.27. The Bertz CT molecular complexity index is 231.